The van der Waals surface area contributed by atoms with Gasteiger partial charge in [-0.25, -0.2) is 0 Å². The second kappa shape index (κ2) is 6.57. The minimum Gasteiger partial charge on any atom is -0.378 e. The van der Waals surface area contributed by atoms with Crippen molar-refractivity contribution in [1.82, 2.24) is 0 Å². The molecule has 0 fully saturated rings. The van der Waals surface area contributed by atoms with Crippen LogP contribution >= 0.6 is 0 Å². The number of para-hydroxylation sites is 1. The van der Waals surface area contributed by atoms with E-state index in [9.17, 15) is 4.79 Å². The Morgan fingerprint density at radius 1 is 0.952 bits per heavy atom. The van der Waals surface area contributed by atoms with Crippen molar-refractivity contribution in [2.45, 2.75) is 33.2 Å². The van der Waals surface area contributed by atoms with Crippen LogP contribution in [0.5, 0.6) is 0 Å². The Kier molecular flexibility index (Phi) is 4.79. The molecule has 0 spiro atoms. The molecular weight excluding hydrogens is 258 g/mol. The molecule has 0 aliphatic rings. The van der Waals surface area contributed by atoms with Gasteiger partial charge in [0.2, 0.25) is 0 Å². The highest BCUT2D eigenvalue weighted by atomic mass is 16.1. The number of ketones is 1. The number of anilines is 1. The summed E-state index contributed by atoms with van der Waals surface area (Å²) in [5.74, 6) is 0.264. The molecule has 110 valence electrons. The Morgan fingerprint density at radius 2 is 1.48 bits per heavy atom. The van der Waals surface area contributed by atoms with Gasteiger partial charge in [-0.2, -0.15) is 0 Å². The number of benzene rings is 2. The Morgan fingerprint density at radius 3 is 2.00 bits per heavy atom. The van der Waals surface area contributed by atoms with Gasteiger partial charge in [-0.1, -0.05) is 69.3 Å². The van der Waals surface area contributed by atoms with Gasteiger partial charge in [-0.15, -0.1) is 0 Å². The Balaban J connectivity index is 2.21. The molecule has 0 bridgehead atoms. The first-order chi connectivity index (χ1) is 9.97. The van der Waals surface area contributed by atoms with E-state index in [4.69, 9.17) is 0 Å². The van der Waals surface area contributed by atoms with Gasteiger partial charge in [0.15, 0.2) is 0 Å². The molecule has 1 N–H and O–H groups in total. The summed E-state index contributed by atoms with van der Waals surface area (Å²) in [6.07, 6.45) is 0.488. The minimum atomic E-state index is -0.314. The molecule has 21 heavy (non-hydrogen) atoms. The molecule has 2 rings (SSSR count). The highest BCUT2D eigenvalue weighted by Gasteiger charge is 2.25. The van der Waals surface area contributed by atoms with Crippen LogP contribution in [0.4, 0.5) is 5.69 Å². The van der Waals surface area contributed by atoms with E-state index >= 15 is 0 Å². The zero-order valence-corrected chi connectivity index (χ0v) is 13.0. The maximum Gasteiger partial charge on any atom is 0.140 e. The van der Waals surface area contributed by atoms with Gasteiger partial charge in [0.1, 0.15) is 5.78 Å². The van der Waals surface area contributed by atoms with E-state index in [-0.39, 0.29) is 17.2 Å². The number of carbonyl (C=O) groups is 1. The molecule has 0 unspecified atom stereocenters. The van der Waals surface area contributed by atoms with E-state index in [2.05, 4.69) is 17.4 Å². The van der Waals surface area contributed by atoms with Crippen molar-refractivity contribution in [3.05, 3.63) is 66.2 Å². The van der Waals surface area contributed by atoms with Crippen molar-refractivity contribution >= 4 is 11.5 Å². The first kappa shape index (κ1) is 15.3. The summed E-state index contributed by atoms with van der Waals surface area (Å²) in [5.41, 5.74) is 1.86. The van der Waals surface area contributed by atoms with E-state index in [1.54, 1.807) is 0 Å². The fourth-order valence-corrected chi connectivity index (χ4v) is 2.16. The van der Waals surface area contributed by atoms with Gasteiger partial charge in [0.05, 0.1) is 6.04 Å². The molecule has 0 radical (unpaired) electrons. The molecule has 0 aliphatic carbocycles. The van der Waals surface area contributed by atoms with Crippen LogP contribution < -0.4 is 5.32 Å². The second-order valence-electron chi connectivity index (χ2n) is 6.35. The van der Waals surface area contributed by atoms with Crippen LogP contribution in [0.3, 0.4) is 0 Å². The molecular formula is C19H23NO. The third-order valence-electron chi connectivity index (χ3n) is 3.54. The molecule has 2 nitrogen and oxygen atoms in total. The number of hydrogen-bond acceptors (Lipinski definition) is 2. The predicted molar refractivity (Wildman–Crippen MR) is 88.3 cm³/mol. The lowest BCUT2D eigenvalue weighted by atomic mass is 9.85. The second-order valence-corrected chi connectivity index (χ2v) is 6.35. The maximum absolute atomic E-state index is 12.4. The molecule has 2 aromatic rings. The standard InChI is InChI=1S/C19H23NO/c1-19(2,3)18(21)14-17(15-10-6-4-7-11-15)20-16-12-8-5-9-13-16/h4-13,17,20H,14H2,1-3H3/t17-/m0/s1. The lowest BCUT2D eigenvalue weighted by Crippen LogP contribution is -2.25. The normalized spacial score (nSPS) is 12.7. The largest absolute Gasteiger partial charge is 0.378 e. The summed E-state index contributed by atoms with van der Waals surface area (Å²) in [6, 6.07) is 20.2. The number of carbonyl (C=O) groups excluding carboxylic acids is 1. The third kappa shape index (κ3) is 4.45. The topological polar surface area (TPSA) is 29.1 Å². The average molecular weight is 281 g/mol. The molecule has 2 aromatic carbocycles. The summed E-state index contributed by atoms with van der Waals surface area (Å²) >= 11 is 0. The van der Waals surface area contributed by atoms with Crippen LogP contribution in [0.2, 0.25) is 0 Å². The van der Waals surface area contributed by atoms with Crippen molar-refractivity contribution < 1.29 is 4.79 Å². The molecule has 1 atom stereocenters. The molecule has 0 amide bonds. The van der Waals surface area contributed by atoms with Crippen molar-refractivity contribution in [1.29, 1.82) is 0 Å². The lowest BCUT2D eigenvalue weighted by Gasteiger charge is -2.24. The van der Waals surface area contributed by atoms with Crippen LogP contribution in [-0.2, 0) is 4.79 Å². The summed E-state index contributed by atoms with van der Waals surface area (Å²) in [7, 11) is 0. The van der Waals surface area contributed by atoms with Crippen molar-refractivity contribution in [2.24, 2.45) is 5.41 Å². The zero-order chi connectivity index (χ0) is 15.3. The third-order valence-corrected chi connectivity index (χ3v) is 3.54. The van der Waals surface area contributed by atoms with E-state index in [1.165, 1.54) is 0 Å². The Hall–Kier alpha value is -2.09. The molecule has 0 heterocycles. The number of hydrogen-bond donors (Lipinski definition) is 1. The van der Waals surface area contributed by atoms with E-state index < -0.39 is 0 Å². The fourth-order valence-electron chi connectivity index (χ4n) is 2.16. The first-order valence-corrected chi connectivity index (χ1v) is 7.36. The first-order valence-electron chi connectivity index (χ1n) is 7.36. The van der Waals surface area contributed by atoms with Gasteiger partial charge >= 0.3 is 0 Å². The van der Waals surface area contributed by atoms with Gasteiger partial charge in [-0.3, -0.25) is 4.79 Å². The van der Waals surface area contributed by atoms with Gasteiger partial charge in [0, 0.05) is 17.5 Å². The van der Waals surface area contributed by atoms with Crippen LogP contribution in [0, 0.1) is 5.41 Å². The minimum absolute atomic E-state index is 0.000301. The molecule has 0 saturated heterocycles. The quantitative estimate of drug-likeness (QED) is 0.849. The molecule has 2 heteroatoms. The van der Waals surface area contributed by atoms with E-state index in [0.29, 0.717) is 6.42 Å². The lowest BCUT2D eigenvalue weighted by molar-refractivity contribution is -0.126. The fraction of sp³-hybridized carbons (Fsp3) is 0.316. The monoisotopic (exact) mass is 281 g/mol. The van der Waals surface area contributed by atoms with Gasteiger partial charge in [-0.05, 0) is 17.7 Å². The van der Waals surface area contributed by atoms with E-state index in [0.717, 1.165) is 11.3 Å². The molecule has 0 aromatic heterocycles. The average Bonchev–Trinajstić information content (AvgIpc) is 2.47. The summed E-state index contributed by atoms with van der Waals surface area (Å²) < 4.78 is 0. The molecule has 0 saturated carbocycles. The van der Waals surface area contributed by atoms with Crippen LogP contribution in [-0.4, -0.2) is 5.78 Å². The van der Waals surface area contributed by atoms with Gasteiger partial charge in [0.25, 0.3) is 0 Å². The summed E-state index contributed by atoms with van der Waals surface area (Å²) in [4.78, 5) is 12.4. The van der Waals surface area contributed by atoms with Crippen LogP contribution in [0.15, 0.2) is 60.7 Å². The van der Waals surface area contributed by atoms with Crippen molar-refractivity contribution in [3.8, 4) is 0 Å². The van der Waals surface area contributed by atoms with Gasteiger partial charge < -0.3 is 5.32 Å². The summed E-state index contributed by atoms with van der Waals surface area (Å²) in [6.45, 7) is 5.92. The zero-order valence-electron chi connectivity index (χ0n) is 13.0. The smallest absolute Gasteiger partial charge is 0.140 e. The van der Waals surface area contributed by atoms with E-state index in [1.807, 2.05) is 69.3 Å². The Bertz CT molecular complexity index is 570. The predicted octanol–water partition coefficient (Wildman–Crippen LogP) is 4.85. The highest BCUT2D eigenvalue weighted by Crippen LogP contribution is 2.27. The van der Waals surface area contributed by atoms with Crippen LogP contribution in [0.25, 0.3) is 0 Å². The number of rotatable bonds is 5. The highest BCUT2D eigenvalue weighted by molar-refractivity contribution is 5.84. The van der Waals surface area contributed by atoms with Crippen molar-refractivity contribution in [2.75, 3.05) is 5.32 Å². The molecule has 0 aliphatic heterocycles. The maximum atomic E-state index is 12.4. The number of nitrogens with one attached hydrogen (secondary N) is 1. The van der Waals surface area contributed by atoms with Crippen LogP contribution in [0.1, 0.15) is 38.8 Å². The van der Waals surface area contributed by atoms with Crippen molar-refractivity contribution in [3.63, 3.8) is 0 Å². The SMILES string of the molecule is CC(C)(C)C(=O)C[C@H](Nc1ccccc1)c1ccccc1. The summed E-state index contributed by atoms with van der Waals surface area (Å²) in [5, 5.41) is 3.48. The Labute approximate surface area is 127 Å². The number of Topliss-reactive ketones (excluding diaryl/α,β-unsaturated/α-hetero) is 1.